The minimum atomic E-state index is 0.386. The molecule has 2 fully saturated rings. The molecule has 3 unspecified atom stereocenters. The molecule has 1 saturated carbocycles. The van der Waals surface area contributed by atoms with Crippen molar-refractivity contribution >= 4 is 0 Å². The van der Waals surface area contributed by atoms with E-state index in [0.717, 1.165) is 17.9 Å². The predicted octanol–water partition coefficient (Wildman–Crippen LogP) is 3.28. The van der Waals surface area contributed by atoms with Gasteiger partial charge in [0.15, 0.2) is 0 Å². The smallest absolute Gasteiger partial charge is 0.0308 e. The summed E-state index contributed by atoms with van der Waals surface area (Å²) in [5.74, 6) is 1.78. The molecule has 0 aromatic rings. The lowest BCUT2D eigenvalue weighted by Crippen LogP contribution is -2.52. The summed E-state index contributed by atoms with van der Waals surface area (Å²) >= 11 is 0. The summed E-state index contributed by atoms with van der Waals surface area (Å²) in [6, 6.07) is 0.748. The molecule has 0 amide bonds. The average molecular weight is 252 g/mol. The monoisotopic (exact) mass is 252 g/mol. The standard InChI is InChI=1S/C16H32N2/c1-5-6-13(2)11-18-12-16(4,15-7-8-15)17-10-9-14(18)3/h13-15,17H,5-12H2,1-4H3. The van der Waals surface area contributed by atoms with E-state index >= 15 is 0 Å². The first-order valence-electron chi connectivity index (χ1n) is 8.04. The van der Waals surface area contributed by atoms with Crippen LogP contribution in [-0.4, -0.2) is 36.1 Å². The fourth-order valence-electron chi connectivity index (χ4n) is 3.61. The normalized spacial score (nSPS) is 36.3. The maximum atomic E-state index is 3.84. The summed E-state index contributed by atoms with van der Waals surface area (Å²) in [6.45, 7) is 13.3. The zero-order chi connectivity index (χ0) is 13.2. The van der Waals surface area contributed by atoms with Crippen molar-refractivity contribution in [3.05, 3.63) is 0 Å². The number of nitrogens with zero attached hydrogens (tertiary/aromatic N) is 1. The summed E-state index contributed by atoms with van der Waals surface area (Å²) in [4.78, 5) is 2.76. The lowest BCUT2D eigenvalue weighted by molar-refractivity contribution is 0.140. The molecule has 1 N–H and O–H groups in total. The van der Waals surface area contributed by atoms with Crippen LogP contribution in [0.4, 0.5) is 0 Å². The van der Waals surface area contributed by atoms with Crippen LogP contribution in [-0.2, 0) is 0 Å². The molecule has 2 nitrogen and oxygen atoms in total. The van der Waals surface area contributed by atoms with Crippen molar-refractivity contribution in [2.24, 2.45) is 11.8 Å². The molecule has 0 spiro atoms. The van der Waals surface area contributed by atoms with Gasteiger partial charge in [-0.15, -0.1) is 0 Å². The molecular formula is C16H32N2. The van der Waals surface area contributed by atoms with E-state index in [9.17, 15) is 0 Å². The van der Waals surface area contributed by atoms with Gasteiger partial charge in [-0.25, -0.2) is 0 Å². The van der Waals surface area contributed by atoms with Crippen LogP contribution >= 0.6 is 0 Å². The van der Waals surface area contributed by atoms with Crippen LogP contribution in [0.15, 0.2) is 0 Å². The Morgan fingerprint density at radius 3 is 2.67 bits per heavy atom. The second kappa shape index (κ2) is 5.92. The van der Waals surface area contributed by atoms with Crippen molar-refractivity contribution in [2.75, 3.05) is 19.6 Å². The van der Waals surface area contributed by atoms with E-state index in [-0.39, 0.29) is 0 Å². The molecule has 0 radical (unpaired) electrons. The predicted molar refractivity (Wildman–Crippen MR) is 78.9 cm³/mol. The fraction of sp³-hybridized carbons (Fsp3) is 1.00. The zero-order valence-electron chi connectivity index (χ0n) is 12.8. The summed E-state index contributed by atoms with van der Waals surface area (Å²) < 4.78 is 0. The van der Waals surface area contributed by atoms with E-state index in [1.54, 1.807) is 0 Å². The van der Waals surface area contributed by atoms with Crippen molar-refractivity contribution in [1.82, 2.24) is 10.2 Å². The summed E-state index contributed by atoms with van der Waals surface area (Å²) in [5, 5.41) is 3.84. The van der Waals surface area contributed by atoms with E-state index in [1.807, 2.05) is 0 Å². The van der Waals surface area contributed by atoms with Gasteiger partial charge in [0, 0.05) is 24.7 Å². The van der Waals surface area contributed by atoms with Crippen LogP contribution in [0, 0.1) is 11.8 Å². The van der Waals surface area contributed by atoms with Crippen LogP contribution in [0.5, 0.6) is 0 Å². The first-order chi connectivity index (χ1) is 8.55. The Balaban J connectivity index is 1.96. The summed E-state index contributed by atoms with van der Waals surface area (Å²) in [7, 11) is 0. The SMILES string of the molecule is CCCC(C)CN1CC(C)(C2CC2)NCCC1C. The van der Waals surface area contributed by atoms with E-state index in [4.69, 9.17) is 0 Å². The lowest BCUT2D eigenvalue weighted by atomic mass is 9.94. The third-order valence-electron chi connectivity index (χ3n) is 5.05. The van der Waals surface area contributed by atoms with Gasteiger partial charge in [0.1, 0.15) is 0 Å². The van der Waals surface area contributed by atoms with E-state index in [1.165, 1.54) is 51.7 Å². The quantitative estimate of drug-likeness (QED) is 0.808. The maximum Gasteiger partial charge on any atom is 0.0308 e. The molecule has 1 aliphatic heterocycles. The van der Waals surface area contributed by atoms with Gasteiger partial charge in [-0.2, -0.15) is 0 Å². The van der Waals surface area contributed by atoms with Crippen molar-refractivity contribution in [3.8, 4) is 0 Å². The minimum Gasteiger partial charge on any atom is -0.310 e. The third-order valence-corrected chi connectivity index (χ3v) is 5.05. The first kappa shape index (κ1) is 14.3. The molecule has 3 atom stereocenters. The summed E-state index contributed by atoms with van der Waals surface area (Å²) in [6.07, 6.45) is 6.88. The van der Waals surface area contributed by atoms with E-state index in [0.29, 0.717) is 5.54 Å². The molecule has 1 saturated heterocycles. The van der Waals surface area contributed by atoms with Crippen LogP contribution in [0.3, 0.4) is 0 Å². The lowest BCUT2D eigenvalue weighted by Gasteiger charge is -2.37. The van der Waals surface area contributed by atoms with Crippen molar-refractivity contribution in [3.63, 3.8) is 0 Å². The highest BCUT2D eigenvalue weighted by molar-refractivity contribution is 5.02. The maximum absolute atomic E-state index is 3.84. The number of hydrogen-bond acceptors (Lipinski definition) is 2. The molecule has 0 aromatic carbocycles. The Kier molecular flexibility index (Phi) is 4.71. The van der Waals surface area contributed by atoms with E-state index < -0.39 is 0 Å². The molecule has 0 bridgehead atoms. The van der Waals surface area contributed by atoms with Crippen LogP contribution in [0.1, 0.15) is 59.8 Å². The zero-order valence-corrected chi connectivity index (χ0v) is 12.8. The Hall–Kier alpha value is -0.0800. The summed E-state index contributed by atoms with van der Waals surface area (Å²) in [5.41, 5.74) is 0.386. The largest absolute Gasteiger partial charge is 0.310 e. The third kappa shape index (κ3) is 3.48. The molecule has 106 valence electrons. The van der Waals surface area contributed by atoms with Crippen LogP contribution in [0.2, 0.25) is 0 Å². The second-order valence-electron chi connectivity index (χ2n) is 7.08. The van der Waals surface area contributed by atoms with Gasteiger partial charge in [0.2, 0.25) is 0 Å². The highest BCUT2D eigenvalue weighted by atomic mass is 15.2. The Morgan fingerprint density at radius 2 is 2.06 bits per heavy atom. The molecular weight excluding hydrogens is 220 g/mol. The Bertz CT molecular complexity index is 262. The van der Waals surface area contributed by atoms with Gasteiger partial charge in [0.05, 0.1) is 0 Å². The van der Waals surface area contributed by atoms with Gasteiger partial charge in [-0.1, -0.05) is 20.3 Å². The van der Waals surface area contributed by atoms with Crippen molar-refractivity contribution < 1.29 is 0 Å². The highest BCUT2D eigenvalue weighted by Gasteiger charge is 2.43. The van der Waals surface area contributed by atoms with Gasteiger partial charge < -0.3 is 5.32 Å². The van der Waals surface area contributed by atoms with Gasteiger partial charge in [-0.3, -0.25) is 4.90 Å². The molecule has 1 aliphatic carbocycles. The fourth-order valence-corrected chi connectivity index (χ4v) is 3.61. The van der Waals surface area contributed by atoms with E-state index in [2.05, 4.69) is 37.9 Å². The molecule has 18 heavy (non-hydrogen) atoms. The van der Waals surface area contributed by atoms with Gasteiger partial charge in [-0.05, 0) is 57.9 Å². The Labute approximate surface area is 114 Å². The molecule has 2 heteroatoms. The highest BCUT2D eigenvalue weighted by Crippen LogP contribution is 2.41. The second-order valence-corrected chi connectivity index (χ2v) is 7.08. The molecule has 0 aromatic heterocycles. The van der Waals surface area contributed by atoms with Crippen molar-refractivity contribution in [2.45, 2.75) is 71.4 Å². The Morgan fingerprint density at radius 1 is 1.33 bits per heavy atom. The topological polar surface area (TPSA) is 15.3 Å². The van der Waals surface area contributed by atoms with Crippen molar-refractivity contribution in [1.29, 1.82) is 0 Å². The van der Waals surface area contributed by atoms with Gasteiger partial charge >= 0.3 is 0 Å². The number of rotatable bonds is 5. The minimum absolute atomic E-state index is 0.386. The van der Waals surface area contributed by atoms with Crippen LogP contribution < -0.4 is 5.32 Å². The number of hydrogen-bond donors (Lipinski definition) is 1. The average Bonchev–Trinajstić information content (AvgIpc) is 3.11. The first-order valence-corrected chi connectivity index (χ1v) is 8.04. The molecule has 1 heterocycles. The molecule has 2 rings (SSSR count). The number of nitrogens with one attached hydrogen (secondary N) is 1. The van der Waals surface area contributed by atoms with Crippen LogP contribution in [0.25, 0.3) is 0 Å². The van der Waals surface area contributed by atoms with Gasteiger partial charge in [0.25, 0.3) is 0 Å². The molecule has 2 aliphatic rings.